The normalized spacial score (nSPS) is 33.7. The maximum atomic E-state index is 5.95. The van der Waals surface area contributed by atoms with E-state index >= 15 is 0 Å². The summed E-state index contributed by atoms with van der Waals surface area (Å²) in [6, 6.07) is 7.37. The van der Waals surface area contributed by atoms with Gasteiger partial charge < -0.3 is 10.1 Å². The molecule has 1 aromatic carbocycles. The molecule has 2 heteroatoms. The number of ether oxygens (including phenoxy) is 1. The first kappa shape index (κ1) is 13.4. The van der Waals surface area contributed by atoms with E-state index in [1.807, 2.05) is 6.08 Å². The molecule has 1 heterocycles. The van der Waals surface area contributed by atoms with Crippen molar-refractivity contribution in [2.75, 3.05) is 13.2 Å². The van der Waals surface area contributed by atoms with Crippen LogP contribution in [0.1, 0.15) is 43.2 Å². The SMILES string of the molecule is C=CCOc1cccc2c1C[C@H]1NCC[C@@]23CCCC[C@@H]13. The number of nitrogens with one attached hydrogen (secondary N) is 1. The Hall–Kier alpha value is -1.28. The lowest BCUT2D eigenvalue weighted by atomic mass is 9.53. The zero-order chi connectivity index (χ0) is 14.3. The summed E-state index contributed by atoms with van der Waals surface area (Å²) in [4.78, 5) is 0. The number of benzene rings is 1. The summed E-state index contributed by atoms with van der Waals surface area (Å²) < 4.78 is 5.95. The van der Waals surface area contributed by atoms with Crippen molar-refractivity contribution >= 4 is 0 Å². The van der Waals surface area contributed by atoms with Gasteiger partial charge >= 0.3 is 0 Å². The highest BCUT2D eigenvalue weighted by Gasteiger charge is 2.51. The van der Waals surface area contributed by atoms with Crippen LogP contribution in [-0.4, -0.2) is 19.2 Å². The summed E-state index contributed by atoms with van der Waals surface area (Å²) in [6.07, 6.45) is 9.83. The molecule has 0 radical (unpaired) electrons. The second kappa shape index (κ2) is 5.17. The van der Waals surface area contributed by atoms with Gasteiger partial charge in [-0.1, -0.05) is 37.6 Å². The summed E-state index contributed by atoms with van der Waals surface area (Å²) in [5.41, 5.74) is 3.50. The van der Waals surface area contributed by atoms with Crippen molar-refractivity contribution in [1.29, 1.82) is 0 Å². The highest BCUT2D eigenvalue weighted by molar-refractivity contribution is 5.49. The van der Waals surface area contributed by atoms with E-state index in [0.717, 1.165) is 18.1 Å². The zero-order valence-electron chi connectivity index (χ0n) is 12.7. The largest absolute Gasteiger partial charge is 0.489 e. The first-order chi connectivity index (χ1) is 10.3. The summed E-state index contributed by atoms with van der Waals surface area (Å²) in [5, 5.41) is 3.79. The molecule has 1 saturated heterocycles. The summed E-state index contributed by atoms with van der Waals surface area (Å²) in [5.74, 6) is 1.92. The molecule has 0 aromatic heterocycles. The van der Waals surface area contributed by atoms with E-state index in [1.165, 1.54) is 44.2 Å². The second-order valence-electron chi connectivity index (χ2n) is 6.91. The Bertz CT molecular complexity index is 548. The van der Waals surface area contributed by atoms with E-state index in [0.29, 0.717) is 18.1 Å². The van der Waals surface area contributed by atoms with E-state index in [1.54, 1.807) is 5.56 Å². The van der Waals surface area contributed by atoms with Crippen molar-refractivity contribution in [3.05, 3.63) is 42.0 Å². The molecule has 0 spiro atoms. The van der Waals surface area contributed by atoms with Gasteiger partial charge in [-0.2, -0.15) is 0 Å². The highest BCUT2D eigenvalue weighted by Crippen LogP contribution is 2.55. The third-order valence-corrected chi connectivity index (χ3v) is 6.01. The maximum absolute atomic E-state index is 5.95. The van der Waals surface area contributed by atoms with Gasteiger partial charge in [0.25, 0.3) is 0 Å². The van der Waals surface area contributed by atoms with Crippen molar-refractivity contribution < 1.29 is 4.74 Å². The summed E-state index contributed by atoms with van der Waals surface area (Å²) in [6.45, 7) is 5.55. The molecule has 1 aliphatic heterocycles. The van der Waals surface area contributed by atoms with E-state index in [2.05, 4.69) is 30.1 Å². The lowest BCUT2D eigenvalue weighted by molar-refractivity contribution is 0.0787. The molecule has 21 heavy (non-hydrogen) atoms. The van der Waals surface area contributed by atoms with Gasteiger partial charge in [0, 0.05) is 11.5 Å². The molecule has 1 N–H and O–H groups in total. The van der Waals surface area contributed by atoms with Crippen LogP contribution in [0.15, 0.2) is 30.9 Å². The molecule has 4 rings (SSSR count). The van der Waals surface area contributed by atoms with Crippen LogP contribution in [0.4, 0.5) is 0 Å². The molecular formula is C19H25NO. The predicted molar refractivity (Wildman–Crippen MR) is 85.9 cm³/mol. The Kier molecular flexibility index (Phi) is 3.30. The fourth-order valence-corrected chi connectivity index (χ4v) is 5.22. The Morgan fingerprint density at radius 3 is 3.19 bits per heavy atom. The molecule has 1 aromatic rings. The monoisotopic (exact) mass is 283 g/mol. The lowest BCUT2D eigenvalue weighted by Crippen LogP contribution is -2.59. The predicted octanol–water partition coefficient (Wildman–Crippen LogP) is 3.60. The van der Waals surface area contributed by atoms with Crippen LogP contribution < -0.4 is 10.1 Å². The second-order valence-corrected chi connectivity index (χ2v) is 6.91. The Labute approximate surface area is 127 Å². The Morgan fingerprint density at radius 1 is 1.33 bits per heavy atom. The number of hydrogen-bond donors (Lipinski definition) is 1. The van der Waals surface area contributed by atoms with Crippen LogP contribution >= 0.6 is 0 Å². The van der Waals surface area contributed by atoms with E-state index in [4.69, 9.17) is 4.74 Å². The van der Waals surface area contributed by atoms with Crippen LogP contribution in [0.2, 0.25) is 0 Å². The highest BCUT2D eigenvalue weighted by atomic mass is 16.5. The molecule has 2 bridgehead atoms. The van der Waals surface area contributed by atoms with Crippen molar-refractivity contribution in [2.24, 2.45) is 5.92 Å². The maximum Gasteiger partial charge on any atom is 0.123 e. The Morgan fingerprint density at radius 2 is 2.29 bits per heavy atom. The van der Waals surface area contributed by atoms with Gasteiger partial charge in [-0.3, -0.25) is 0 Å². The minimum Gasteiger partial charge on any atom is -0.489 e. The molecule has 1 saturated carbocycles. The molecule has 3 aliphatic rings. The third kappa shape index (κ3) is 1.96. The zero-order valence-corrected chi connectivity index (χ0v) is 12.7. The molecule has 2 fully saturated rings. The molecule has 2 nitrogen and oxygen atoms in total. The van der Waals surface area contributed by atoms with Crippen molar-refractivity contribution in [2.45, 2.75) is 50.0 Å². The number of piperidine rings is 1. The topological polar surface area (TPSA) is 21.3 Å². The van der Waals surface area contributed by atoms with Crippen molar-refractivity contribution in [3.63, 3.8) is 0 Å². The first-order valence-corrected chi connectivity index (χ1v) is 8.44. The van der Waals surface area contributed by atoms with Crippen LogP contribution in [0.25, 0.3) is 0 Å². The van der Waals surface area contributed by atoms with Crippen molar-refractivity contribution in [3.8, 4) is 5.75 Å². The van der Waals surface area contributed by atoms with Gasteiger partial charge in [0.2, 0.25) is 0 Å². The molecule has 0 amide bonds. The van der Waals surface area contributed by atoms with Gasteiger partial charge in [-0.05, 0) is 55.3 Å². The first-order valence-electron chi connectivity index (χ1n) is 8.44. The quantitative estimate of drug-likeness (QED) is 0.856. The fourth-order valence-electron chi connectivity index (χ4n) is 5.22. The van der Waals surface area contributed by atoms with Crippen LogP contribution in [-0.2, 0) is 11.8 Å². The molecule has 112 valence electrons. The summed E-state index contributed by atoms with van der Waals surface area (Å²) in [7, 11) is 0. The number of hydrogen-bond acceptors (Lipinski definition) is 2. The van der Waals surface area contributed by atoms with Crippen LogP contribution in [0.3, 0.4) is 0 Å². The Balaban J connectivity index is 1.81. The van der Waals surface area contributed by atoms with Crippen LogP contribution in [0.5, 0.6) is 5.75 Å². The molecule has 2 aliphatic carbocycles. The van der Waals surface area contributed by atoms with E-state index in [9.17, 15) is 0 Å². The van der Waals surface area contributed by atoms with Gasteiger partial charge in [-0.25, -0.2) is 0 Å². The summed E-state index contributed by atoms with van der Waals surface area (Å²) >= 11 is 0. The standard InChI is InChI=1S/C19H25NO/c1-2-12-21-18-8-5-7-15-14(18)13-17-16-6-3-4-9-19(15,16)10-11-20-17/h2,5,7-8,16-17,20H,1,3-4,6,9-13H2/t16-,17+,19-/m0/s1. The van der Waals surface area contributed by atoms with E-state index < -0.39 is 0 Å². The average molecular weight is 283 g/mol. The minimum atomic E-state index is 0.426. The smallest absolute Gasteiger partial charge is 0.123 e. The molecule has 3 atom stereocenters. The van der Waals surface area contributed by atoms with E-state index in [-0.39, 0.29) is 0 Å². The molecular weight excluding hydrogens is 258 g/mol. The average Bonchev–Trinajstić information content (AvgIpc) is 2.53. The number of rotatable bonds is 3. The number of fused-ring (bicyclic) bond motifs is 1. The minimum absolute atomic E-state index is 0.426. The van der Waals surface area contributed by atoms with Gasteiger partial charge in [0.05, 0.1) is 0 Å². The van der Waals surface area contributed by atoms with Gasteiger partial charge in [0.15, 0.2) is 0 Å². The third-order valence-electron chi connectivity index (χ3n) is 6.01. The van der Waals surface area contributed by atoms with Gasteiger partial charge in [0.1, 0.15) is 12.4 Å². The fraction of sp³-hybridized carbons (Fsp3) is 0.579. The van der Waals surface area contributed by atoms with Gasteiger partial charge in [-0.15, -0.1) is 0 Å². The van der Waals surface area contributed by atoms with Crippen molar-refractivity contribution in [1.82, 2.24) is 5.32 Å². The molecule has 0 unspecified atom stereocenters. The van der Waals surface area contributed by atoms with Crippen LogP contribution in [0, 0.1) is 5.92 Å². The lowest BCUT2D eigenvalue weighted by Gasteiger charge is -2.56.